The highest BCUT2D eigenvalue weighted by Crippen LogP contribution is 2.25. The van der Waals surface area contributed by atoms with Crippen molar-refractivity contribution in [3.63, 3.8) is 0 Å². The number of nitrogens with one attached hydrogen (secondary N) is 1. The molecular weight excluding hydrogens is 374 g/mol. The molecule has 0 spiro atoms. The van der Waals surface area contributed by atoms with E-state index < -0.39 is 21.0 Å². The van der Waals surface area contributed by atoms with Gasteiger partial charge in [0.2, 0.25) is 5.91 Å². The monoisotopic (exact) mass is 395 g/mol. The zero-order valence-corrected chi connectivity index (χ0v) is 16.0. The van der Waals surface area contributed by atoms with E-state index in [0.717, 1.165) is 16.7 Å². The molecule has 0 aliphatic carbocycles. The van der Waals surface area contributed by atoms with Gasteiger partial charge in [-0.2, -0.15) is 0 Å². The summed E-state index contributed by atoms with van der Waals surface area (Å²) in [4.78, 5) is 11.9. The Bertz CT molecular complexity index is 1020. The van der Waals surface area contributed by atoms with Gasteiger partial charge in [0.1, 0.15) is 0 Å². The molecule has 0 saturated heterocycles. The van der Waals surface area contributed by atoms with Gasteiger partial charge in [-0.3, -0.25) is 10.0 Å². The standard InChI is InChI=1S/C22H21NO4S/c24-22(23-25)16-21(15-17-7-3-1-4-8-17)28(26,27)20-13-11-19(12-14-20)18-9-5-2-6-10-18/h1-14,21,25H,15-16H2,(H,23,24). The van der Waals surface area contributed by atoms with E-state index in [1.54, 1.807) is 24.3 Å². The van der Waals surface area contributed by atoms with Crippen molar-refractivity contribution < 1.29 is 18.4 Å². The van der Waals surface area contributed by atoms with Crippen molar-refractivity contribution in [3.8, 4) is 11.1 Å². The van der Waals surface area contributed by atoms with Gasteiger partial charge < -0.3 is 0 Å². The Hall–Kier alpha value is -2.96. The molecule has 6 heteroatoms. The second-order valence-corrected chi connectivity index (χ2v) is 8.71. The van der Waals surface area contributed by atoms with Crippen LogP contribution in [0.5, 0.6) is 0 Å². The first-order valence-corrected chi connectivity index (χ1v) is 10.4. The maximum atomic E-state index is 13.2. The molecule has 1 unspecified atom stereocenters. The van der Waals surface area contributed by atoms with Gasteiger partial charge >= 0.3 is 0 Å². The Morgan fingerprint density at radius 1 is 0.821 bits per heavy atom. The maximum Gasteiger partial charge on any atom is 0.244 e. The van der Waals surface area contributed by atoms with E-state index in [2.05, 4.69) is 0 Å². The molecule has 28 heavy (non-hydrogen) atoms. The summed E-state index contributed by atoms with van der Waals surface area (Å²) in [5.74, 6) is -0.731. The van der Waals surface area contributed by atoms with Crippen LogP contribution < -0.4 is 5.48 Å². The Kier molecular flexibility index (Phi) is 6.23. The van der Waals surface area contributed by atoms with Crippen LogP contribution >= 0.6 is 0 Å². The molecule has 3 rings (SSSR count). The summed E-state index contributed by atoms with van der Waals surface area (Å²) in [5.41, 5.74) is 4.24. The molecule has 0 aliphatic rings. The molecule has 0 saturated carbocycles. The van der Waals surface area contributed by atoms with Crippen molar-refractivity contribution >= 4 is 15.7 Å². The number of hydroxylamine groups is 1. The molecule has 0 fully saturated rings. The van der Waals surface area contributed by atoms with Crippen LogP contribution in [0.25, 0.3) is 11.1 Å². The van der Waals surface area contributed by atoms with E-state index in [1.807, 2.05) is 60.7 Å². The number of benzene rings is 3. The summed E-state index contributed by atoms with van der Waals surface area (Å²) in [6, 6.07) is 25.4. The van der Waals surface area contributed by atoms with Crippen molar-refractivity contribution in [1.29, 1.82) is 0 Å². The third-order valence-corrected chi connectivity index (χ3v) is 6.71. The van der Waals surface area contributed by atoms with E-state index >= 15 is 0 Å². The van der Waals surface area contributed by atoms with Crippen LogP contribution in [0.15, 0.2) is 89.8 Å². The maximum absolute atomic E-state index is 13.2. The van der Waals surface area contributed by atoms with Crippen molar-refractivity contribution in [2.24, 2.45) is 0 Å². The summed E-state index contributed by atoms with van der Waals surface area (Å²) in [6.45, 7) is 0. The third kappa shape index (κ3) is 4.65. The zero-order valence-electron chi connectivity index (χ0n) is 15.2. The van der Waals surface area contributed by atoms with Gasteiger partial charge in [-0.15, -0.1) is 0 Å². The van der Waals surface area contributed by atoms with Crippen molar-refractivity contribution in [1.82, 2.24) is 5.48 Å². The van der Waals surface area contributed by atoms with Gasteiger partial charge in [-0.05, 0) is 35.2 Å². The lowest BCUT2D eigenvalue weighted by Gasteiger charge is -2.17. The van der Waals surface area contributed by atoms with E-state index in [0.29, 0.717) is 0 Å². The Balaban J connectivity index is 1.90. The van der Waals surface area contributed by atoms with Crippen LogP contribution in [0.2, 0.25) is 0 Å². The molecule has 0 heterocycles. The quantitative estimate of drug-likeness (QED) is 0.473. The summed E-state index contributed by atoms with van der Waals surface area (Å²) in [7, 11) is -3.78. The van der Waals surface area contributed by atoms with Crippen LogP contribution in [0.1, 0.15) is 12.0 Å². The lowest BCUT2D eigenvalue weighted by Crippen LogP contribution is -2.31. The predicted molar refractivity (Wildman–Crippen MR) is 108 cm³/mol. The van der Waals surface area contributed by atoms with Gasteiger partial charge in [-0.25, -0.2) is 13.9 Å². The fraction of sp³-hybridized carbons (Fsp3) is 0.136. The predicted octanol–water partition coefficient (Wildman–Crippen LogP) is 3.63. The molecule has 5 nitrogen and oxygen atoms in total. The second kappa shape index (κ2) is 8.82. The van der Waals surface area contributed by atoms with Crippen molar-refractivity contribution in [2.45, 2.75) is 23.0 Å². The number of sulfone groups is 1. The summed E-state index contributed by atoms with van der Waals surface area (Å²) < 4.78 is 26.3. The lowest BCUT2D eigenvalue weighted by atomic mass is 10.1. The summed E-state index contributed by atoms with van der Waals surface area (Å²) in [6.07, 6.45) is -0.148. The lowest BCUT2D eigenvalue weighted by molar-refractivity contribution is -0.129. The van der Waals surface area contributed by atoms with E-state index in [-0.39, 0.29) is 17.7 Å². The highest BCUT2D eigenvalue weighted by atomic mass is 32.2. The van der Waals surface area contributed by atoms with Gasteiger partial charge in [-0.1, -0.05) is 72.8 Å². The molecule has 3 aromatic carbocycles. The molecule has 1 atom stereocenters. The molecular formula is C22H21NO4S. The first-order valence-electron chi connectivity index (χ1n) is 8.87. The number of hydrogen-bond acceptors (Lipinski definition) is 4. The highest BCUT2D eigenvalue weighted by molar-refractivity contribution is 7.92. The molecule has 0 bridgehead atoms. The van der Waals surface area contributed by atoms with Crippen molar-refractivity contribution in [2.75, 3.05) is 0 Å². The summed E-state index contributed by atoms with van der Waals surface area (Å²) >= 11 is 0. The molecule has 1 amide bonds. The van der Waals surface area contributed by atoms with Gasteiger partial charge in [0.05, 0.1) is 10.1 Å². The third-order valence-electron chi connectivity index (χ3n) is 4.57. The number of rotatable bonds is 7. The Labute approximate surface area is 164 Å². The number of carbonyl (C=O) groups excluding carboxylic acids is 1. The molecule has 0 radical (unpaired) electrons. The SMILES string of the molecule is O=C(CC(Cc1ccccc1)S(=O)(=O)c1ccc(-c2ccccc2)cc1)NO. The number of amides is 1. The zero-order chi connectivity index (χ0) is 20.0. The second-order valence-electron chi connectivity index (χ2n) is 6.49. The van der Waals surface area contributed by atoms with E-state index in [1.165, 1.54) is 5.48 Å². The highest BCUT2D eigenvalue weighted by Gasteiger charge is 2.30. The van der Waals surface area contributed by atoms with Crippen LogP contribution in [0.3, 0.4) is 0 Å². The topological polar surface area (TPSA) is 83.5 Å². The van der Waals surface area contributed by atoms with Gasteiger partial charge in [0.25, 0.3) is 0 Å². The summed E-state index contributed by atoms with van der Waals surface area (Å²) in [5, 5.41) is 7.87. The van der Waals surface area contributed by atoms with Crippen LogP contribution in [0.4, 0.5) is 0 Å². The van der Waals surface area contributed by atoms with E-state index in [9.17, 15) is 13.2 Å². The van der Waals surface area contributed by atoms with Crippen LogP contribution in [-0.4, -0.2) is 24.8 Å². The largest absolute Gasteiger partial charge is 0.289 e. The molecule has 3 aromatic rings. The van der Waals surface area contributed by atoms with Crippen LogP contribution in [-0.2, 0) is 21.1 Å². The first-order chi connectivity index (χ1) is 13.5. The van der Waals surface area contributed by atoms with E-state index in [4.69, 9.17) is 5.21 Å². The fourth-order valence-electron chi connectivity index (χ4n) is 3.08. The average molecular weight is 395 g/mol. The Morgan fingerprint density at radius 3 is 1.93 bits per heavy atom. The smallest absolute Gasteiger partial charge is 0.244 e. The molecule has 0 aromatic heterocycles. The minimum atomic E-state index is -3.78. The van der Waals surface area contributed by atoms with Gasteiger partial charge in [0, 0.05) is 6.42 Å². The molecule has 144 valence electrons. The number of carbonyl (C=O) groups is 1. The molecule has 2 N–H and O–H groups in total. The minimum Gasteiger partial charge on any atom is -0.289 e. The normalized spacial score (nSPS) is 12.3. The minimum absolute atomic E-state index is 0.152. The van der Waals surface area contributed by atoms with Gasteiger partial charge in [0.15, 0.2) is 9.84 Å². The Morgan fingerprint density at radius 2 is 1.36 bits per heavy atom. The first kappa shape index (κ1) is 19.8. The van der Waals surface area contributed by atoms with Crippen LogP contribution in [0, 0.1) is 0 Å². The fourth-order valence-corrected chi connectivity index (χ4v) is 4.76. The molecule has 0 aliphatic heterocycles. The van der Waals surface area contributed by atoms with Crippen molar-refractivity contribution in [3.05, 3.63) is 90.5 Å². The number of hydrogen-bond donors (Lipinski definition) is 2. The average Bonchev–Trinajstić information content (AvgIpc) is 2.74.